The summed E-state index contributed by atoms with van der Waals surface area (Å²) in [6.07, 6.45) is 7.88. The Hall–Kier alpha value is -1.40. The van der Waals surface area contributed by atoms with Crippen molar-refractivity contribution < 1.29 is 4.79 Å². The van der Waals surface area contributed by atoms with Crippen molar-refractivity contribution >= 4 is 5.91 Å². The van der Waals surface area contributed by atoms with Crippen molar-refractivity contribution in [1.29, 1.82) is 0 Å². The number of piperidine rings is 2. The van der Waals surface area contributed by atoms with Gasteiger partial charge in [-0.15, -0.1) is 0 Å². The molecular formula is C20H35N5O. The SMILES string of the molecule is CC(C)CCN1CCC(CNC(=O)c2ccn(C3CCCNC3)n2)CC1. The summed E-state index contributed by atoms with van der Waals surface area (Å²) in [6.45, 7) is 10.9. The molecule has 1 aromatic rings. The maximum absolute atomic E-state index is 12.4. The van der Waals surface area contributed by atoms with Crippen LogP contribution in [0.5, 0.6) is 0 Å². The van der Waals surface area contributed by atoms with E-state index in [1.807, 2.05) is 16.9 Å². The molecule has 1 unspecified atom stereocenters. The molecule has 1 amide bonds. The molecular weight excluding hydrogens is 326 g/mol. The lowest BCUT2D eigenvalue weighted by Crippen LogP contribution is -2.39. The summed E-state index contributed by atoms with van der Waals surface area (Å²) < 4.78 is 1.95. The van der Waals surface area contributed by atoms with Gasteiger partial charge in [-0.2, -0.15) is 5.10 Å². The first-order valence-electron chi connectivity index (χ1n) is 10.4. The average molecular weight is 362 g/mol. The highest BCUT2D eigenvalue weighted by molar-refractivity contribution is 5.92. The van der Waals surface area contributed by atoms with E-state index in [9.17, 15) is 4.79 Å². The molecule has 2 aliphatic rings. The van der Waals surface area contributed by atoms with Crippen LogP contribution in [0.1, 0.15) is 62.5 Å². The zero-order chi connectivity index (χ0) is 18.4. The lowest BCUT2D eigenvalue weighted by molar-refractivity contribution is 0.0929. The van der Waals surface area contributed by atoms with E-state index in [1.165, 1.54) is 32.2 Å². The summed E-state index contributed by atoms with van der Waals surface area (Å²) in [4.78, 5) is 15.0. The van der Waals surface area contributed by atoms with Crippen LogP contribution in [0.4, 0.5) is 0 Å². The summed E-state index contributed by atoms with van der Waals surface area (Å²) in [5.41, 5.74) is 0.546. The van der Waals surface area contributed by atoms with Gasteiger partial charge in [0.1, 0.15) is 5.69 Å². The van der Waals surface area contributed by atoms with Crippen LogP contribution in [0.15, 0.2) is 12.3 Å². The number of carbonyl (C=O) groups is 1. The molecule has 0 aromatic carbocycles. The molecule has 0 spiro atoms. The number of carbonyl (C=O) groups excluding carboxylic acids is 1. The molecule has 3 heterocycles. The van der Waals surface area contributed by atoms with E-state index in [1.54, 1.807) is 0 Å². The second-order valence-electron chi connectivity index (χ2n) is 8.36. The molecule has 0 aliphatic carbocycles. The molecule has 146 valence electrons. The first-order chi connectivity index (χ1) is 12.6. The van der Waals surface area contributed by atoms with Crippen LogP contribution in [0.25, 0.3) is 0 Å². The lowest BCUT2D eigenvalue weighted by atomic mass is 9.96. The number of nitrogens with one attached hydrogen (secondary N) is 2. The van der Waals surface area contributed by atoms with Gasteiger partial charge in [-0.1, -0.05) is 13.8 Å². The van der Waals surface area contributed by atoms with Crippen LogP contribution in [0, 0.1) is 11.8 Å². The van der Waals surface area contributed by atoms with E-state index in [0.717, 1.165) is 45.1 Å². The van der Waals surface area contributed by atoms with Crippen molar-refractivity contribution in [3.05, 3.63) is 18.0 Å². The molecule has 2 aliphatic heterocycles. The van der Waals surface area contributed by atoms with Crippen molar-refractivity contribution in [3.63, 3.8) is 0 Å². The zero-order valence-electron chi connectivity index (χ0n) is 16.4. The molecule has 26 heavy (non-hydrogen) atoms. The topological polar surface area (TPSA) is 62.2 Å². The van der Waals surface area contributed by atoms with Gasteiger partial charge in [0.2, 0.25) is 0 Å². The molecule has 2 saturated heterocycles. The number of likely N-dealkylation sites (tertiary alicyclic amines) is 1. The number of nitrogens with zero attached hydrogens (tertiary/aromatic N) is 3. The Bertz CT molecular complexity index is 556. The average Bonchev–Trinajstić information content (AvgIpc) is 3.16. The van der Waals surface area contributed by atoms with Gasteiger partial charge in [-0.05, 0) is 76.2 Å². The summed E-state index contributed by atoms with van der Waals surface area (Å²) in [5.74, 6) is 1.34. The zero-order valence-corrected chi connectivity index (χ0v) is 16.4. The Morgan fingerprint density at radius 2 is 2.15 bits per heavy atom. The van der Waals surface area contributed by atoms with Crippen molar-refractivity contribution in [2.75, 3.05) is 39.3 Å². The summed E-state index contributed by atoms with van der Waals surface area (Å²) in [7, 11) is 0. The Kier molecular flexibility index (Phi) is 7.08. The number of hydrogen-bond acceptors (Lipinski definition) is 4. The fraction of sp³-hybridized carbons (Fsp3) is 0.800. The van der Waals surface area contributed by atoms with E-state index < -0.39 is 0 Å². The number of amides is 1. The predicted molar refractivity (Wildman–Crippen MR) is 104 cm³/mol. The summed E-state index contributed by atoms with van der Waals surface area (Å²) in [5, 5.41) is 11.0. The predicted octanol–water partition coefficient (Wildman–Crippen LogP) is 2.30. The lowest BCUT2D eigenvalue weighted by Gasteiger charge is -2.32. The van der Waals surface area contributed by atoms with Crippen LogP contribution in [-0.2, 0) is 0 Å². The van der Waals surface area contributed by atoms with E-state index >= 15 is 0 Å². The molecule has 1 atom stereocenters. The van der Waals surface area contributed by atoms with Crippen LogP contribution in [0.3, 0.4) is 0 Å². The largest absolute Gasteiger partial charge is 0.350 e. The third-order valence-corrected chi connectivity index (χ3v) is 5.77. The van der Waals surface area contributed by atoms with Gasteiger partial charge >= 0.3 is 0 Å². The third kappa shape index (κ3) is 5.55. The Morgan fingerprint density at radius 3 is 2.85 bits per heavy atom. The minimum Gasteiger partial charge on any atom is -0.350 e. The number of rotatable bonds is 7. The van der Waals surface area contributed by atoms with E-state index in [4.69, 9.17) is 0 Å². The second kappa shape index (κ2) is 9.51. The Labute approximate surface area is 157 Å². The highest BCUT2D eigenvalue weighted by Crippen LogP contribution is 2.18. The number of aromatic nitrogens is 2. The molecule has 0 saturated carbocycles. The molecule has 0 bridgehead atoms. The fourth-order valence-electron chi connectivity index (χ4n) is 3.90. The van der Waals surface area contributed by atoms with Gasteiger partial charge in [0.25, 0.3) is 5.91 Å². The highest BCUT2D eigenvalue weighted by atomic mass is 16.1. The fourth-order valence-corrected chi connectivity index (χ4v) is 3.90. The minimum atomic E-state index is -0.0326. The first-order valence-corrected chi connectivity index (χ1v) is 10.4. The maximum Gasteiger partial charge on any atom is 0.271 e. The van der Waals surface area contributed by atoms with Gasteiger partial charge in [-0.25, -0.2) is 0 Å². The minimum absolute atomic E-state index is 0.0326. The van der Waals surface area contributed by atoms with Crippen LogP contribution in [-0.4, -0.2) is 59.9 Å². The van der Waals surface area contributed by atoms with E-state index in [2.05, 4.69) is 34.5 Å². The molecule has 2 N–H and O–H groups in total. The highest BCUT2D eigenvalue weighted by Gasteiger charge is 2.21. The smallest absolute Gasteiger partial charge is 0.271 e. The monoisotopic (exact) mass is 361 g/mol. The van der Waals surface area contributed by atoms with Crippen LogP contribution in [0.2, 0.25) is 0 Å². The van der Waals surface area contributed by atoms with Gasteiger partial charge in [0.15, 0.2) is 0 Å². The summed E-state index contributed by atoms with van der Waals surface area (Å²) in [6, 6.07) is 2.22. The molecule has 1 aromatic heterocycles. The van der Waals surface area contributed by atoms with E-state index in [-0.39, 0.29) is 5.91 Å². The van der Waals surface area contributed by atoms with Crippen molar-refractivity contribution in [2.45, 2.75) is 52.0 Å². The Morgan fingerprint density at radius 1 is 1.35 bits per heavy atom. The van der Waals surface area contributed by atoms with Gasteiger partial charge in [-0.3, -0.25) is 9.48 Å². The van der Waals surface area contributed by atoms with Crippen molar-refractivity contribution in [3.8, 4) is 0 Å². The van der Waals surface area contributed by atoms with Gasteiger partial charge in [0, 0.05) is 19.3 Å². The van der Waals surface area contributed by atoms with Crippen molar-refractivity contribution in [1.82, 2.24) is 25.3 Å². The molecule has 6 heteroatoms. The normalized spacial score (nSPS) is 22.7. The Balaban J connectivity index is 1.38. The number of hydrogen-bond donors (Lipinski definition) is 2. The quantitative estimate of drug-likeness (QED) is 0.782. The first kappa shape index (κ1) is 19.4. The molecule has 6 nitrogen and oxygen atoms in total. The van der Waals surface area contributed by atoms with E-state index in [0.29, 0.717) is 17.7 Å². The standard InChI is InChI=1S/C20H35N5O/c1-16(2)5-10-24-11-6-17(7-12-24)14-22-20(26)19-8-13-25(23-19)18-4-3-9-21-15-18/h8,13,16-18,21H,3-7,9-12,14-15H2,1-2H3,(H,22,26). The maximum atomic E-state index is 12.4. The van der Waals surface area contributed by atoms with Crippen LogP contribution >= 0.6 is 0 Å². The third-order valence-electron chi connectivity index (χ3n) is 5.77. The second-order valence-corrected chi connectivity index (χ2v) is 8.36. The van der Waals surface area contributed by atoms with Gasteiger partial charge in [0.05, 0.1) is 6.04 Å². The van der Waals surface area contributed by atoms with Crippen molar-refractivity contribution in [2.24, 2.45) is 11.8 Å². The molecule has 3 rings (SSSR count). The molecule has 0 radical (unpaired) electrons. The van der Waals surface area contributed by atoms with Crippen LogP contribution < -0.4 is 10.6 Å². The molecule has 2 fully saturated rings. The van der Waals surface area contributed by atoms with Gasteiger partial charge < -0.3 is 15.5 Å². The summed E-state index contributed by atoms with van der Waals surface area (Å²) >= 11 is 0.